The van der Waals surface area contributed by atoms with E-state index in [-0.39, 0.29) is 11.7 Å². The molecule has 5 heteroatoms. The first-order valence-corrected chi connectivity index (χ1v) is 6.70. The lowest BCUT2D eigenvalue weighted by Gasteiger charge is -2.07. The Hall–Kier alpha value is -1.33. The number of nitrogens with one attached hydrogen (secondary N) is 1. The molecule has 1 amide bonds. The summed E-state index contributed by atoms with van der Waals surface area (Å²) in [5, 5.41) is 12.2. The molecule has 0 radical (unpaired) electrons. The average Bonchev–Trinajstić information content (AvgIpc) is 2.31. The summed E-state index contributed by atoms with van der Waals surface area (Å²) in [5.41, 5.74) is 0.887. The molecule has 0 fully saturated rings. The zero-order valence-corrected chi connectivity index (χ0v) is 12.3. The normalized spacial score (nSPS) is 10.1. The molecule has 92 valence electrons. The number of halogens is 2. The standard InChI is InChI=1S/C13H9Br2NO2/c14-9-5-8(6-10(15)7-9)13(18)16-11-3-1-2-4-12(11)17/h1-7,17H,(H,16,18). The van der Waals surface area contributed by atoms with Crippen molar-refractivity contribution in [2.24, 2.45) is 0 Å². The number of hydrogen-bond donors (Lipinski definition) is 2. The summed E-state index contributed by atoms with van der Waals surface area (Å²) in [6.07, 6.45) is 0. The van der Waals surface area contributed by atoms with E-state index < -0.39 is 0 Å². The Kier molecular flexibility index (Phi) is 4.04. The van der Waals surface area contributed by atoms with Gasteiger partial charge in [-0.3, -0.25) is 4.79 Å². The molecular formula is C13H9Br2NO2. The number of benzene rings is 2. The SMILES string of the molecule is O=C(Nc1ccccc1O)c1cc(Br)cc(Br)c1. The molecule has 0 bridgehead atoms. The van der Waals surface area contributed by atoms with Crippen LogP contribution in [-0.2, 0) is 0 Å². The van der Waals surface area contributed by atoms with Crippen molar-refractivity contribution in [3.05, 3.63) is 57.0 Å². The second-order valence-corrected chi connectivity index (χ2v) is 5.46. The molecule has 0 aliphatic rings. The van der Waals surface area contributed by atoms with Crippen LogP contribution in [0.3, 0.4) is 0 Å². The summed E-state index contributed by atoms with van der Waals surface area (Å²) in [4.78, 5) is 12.0. The largest absolute Gasteiger partial charge is 0.506 e. The van der Waals surface area contributed by atoms with Crippen LogP contribution in [0.1, 0.15) is 10.4 Å². The average molecular weight is 371 g/mol. The first kappa shape index (κ1) is 13.1. The Morgan fingerprint density at radius 1 is 1.06 bits per heavy atom. The molecule has 2 N–H and O–H groups in total. The van der Waals surface area contributed by atoms with Crippen molar-refractivity contribution in [1.82, 2.24) is 0 Å². The van der Waals surface area contributed by atoms with Gasteiger partial charge in [-0.1, -0.05) is 44.0 Å². The molecule has 2 rings (SSSR count). The Balaban J connectivity index is 2.25. The van der Waals surface area contributed by atoms with Crippen molar-refractivity contribution < 1.29 is 9.90 Å². The lowest BCUT2D eigenvalue weighted by atomic mass is 10.2. The highest BCUT2D eigenvalue weighted by atomic mass is 79.9. The Morgan fingerprint density at radius 3 is 2.28 bits per heavy atom. The molecule has 0 unspecified atom stereocenters. The molecule has 0 spiro atoms. The Labute approximate surface area is 121 Å². The van der Waals surface area contributed by atoms with Gasteiger partial charge in [0.1, 0.15) is 5.75 Å². The minimum atomic E-state index is -0.279. The van der Waals surface area contributed by atoms with E-state index in [9.17, 15) is 9.90 Å². The monoisotopic (exact) mass is 369 g/mol. The maximum atomic E-state index is 12.0. The van der Waals surface area contributed by atoms with Crippen LogP contribution >= 0.6 is 31.9 Å². The maximum Gasteiger partial charge on any atom is 0.255 e. The van der Waals surface area contributed by atoms with Gasteiger partial charge < -0.3 is 10.4 Å². The quantitative estimate of drug-likeness (QED) is 0.779. The number of aromatic hydroxyl groups is 1. The van der Waals surface area contributed by atoms with Crippen molar-refractivity contribution >= 4 is 43.5 Å². The predicted molar refractivity (Wildman–Crippen MR) is 77.9 cm³/mol. The third kappa shape index (κ3) is 3.11. The topological polar surface area (TPSA) is 49.3 Å². The van der Waals surface area contributed by atoms with Gasteiger partial charge in [0.05, 0.1) is 5.69 Å². The zero-order chi connectivity index (χ0) is 13.1. The molecule has 3 nitrogen and oxygen atoms in total. The molecule has 0 saturated carbocycles. The second kappa shape index (κ2) is 5.54. The van der Waals surface area contributed by atoms with Gasteiger partial charge in [0.2, 0.25) is 0 Å². The van der Waals surface area contributed by atoms with Crippen LogP contribution in [0.5, 0.6) is 5.75 Å². The van der Waals surface area contributed by atoms with E-state index >= 15 is 0 Å². The van der Waals surface area contributed by atoms with Crippen LogP contribution < -0.4 is 5.32 Å². The fourth-order valence-electron chi connectivity index (χ4n) is 1.46. The predicted octanol–water partition coefficient (Wildman–Crippen LogP) is 4.17. The first-order chi connectivity index (χ1) is 8.56. The third-order valence-corrected chi connectivity index (χ3v) is 3.19. The van der Waals surface area contributed by atoms with Gasteiger partial charge in [0, 0.05) is 14.5 Å². The van der Waals surface area contributed by atoms with Gasteiger partial charge in [-0.05, 0) is 30.3 Å². The smallest absolute Gasteiger partial charge is 0.255 e. The van der Waals surface area contributed by atoms with Crippen molar-refractivity contribution in [2.75, 3.05) is 5.32 Å². The number of hydrogen-bond acceptors (Lipinski definition) is 2. The highest BCUT2D eigenvalue weighted by Crippen LogP contribution is 2.24. The van der Waals surface area contributed by atoms with Gasteiger partial charge in [-0.15, -0.1) is 0 Å². The maximum absolute atomic E-state index is 12.0. The second-order valence-electron chi connectivity index (χ2n) is 3.63. The lowest BCUT2D eigenvalue weighted by molar-refractivity contribution is 0.102. The van der Waals surface area contributed by atoms with E-state index in [2.05, 4.69) is 37.2 Å². The molecule has 0 aromatic heterocycles. The molecule has 18 heavy (non-hydrogen) atoms. The van der Waals surface area contributed by atoms with Crippen molar-refractivity contribution in [3.8, 4) is 5.75 Å². The number of anilines is 1. The summed E-state index contributed by atoms with van der Waals surface area (Å²) in [6.45, 7) is 0. The van der Waals surface area contributed by atoms with Gasteiger partial charge >= 0.3 is 0 Å². The summed E-state index contributed by atoms with van der Waals surface area (Å²) >= 11 is 6.64. The van der Waals surface area contributed by atoms with Gasteiger partial charge in [0.25, 0.3) is 5.91 Å². The van der Waals surface area contributed by atoms with E-state index in [4.69, 9.17) is 0 Å². The Morgan fingerprint density at radius 2 is 1.67 bits per heavy atom. The van der Waals surface area contributed by atoms with Crippen LogP contribution in [0.2, 0.25) is 0 Å². The summed E-state index contributed by atoms with van der Waals surface area (Å²) < 4.78 is 1.61. The molecular weight excluding hydrogens is 362 g/mol. The van der Waals surface area contributed by atoms with Crippen LogP contribution in [0.15, 0.2) is 51.4 Å². The van der Waals surface area contributed by atoms with E-state index in [0.717, 1.165) is 8.95 Å². The number of phenolic OH excluding ortho intramolecular Hbond substituents is 1. The van der Waals surface area contributed by atoms with E-state index in [1.807, 2.05) is 6.07 Å². The minimum absolute atomic E-state index is 0.0416. The van der Waals surface area contributed by atoms with Crippen molar-refractivity contribution in [3.63, 3.8) is 0 Å². The summed E-state index contributed by atoms with van der Waals surface area (Å²) in [6, 6.07) is 11.9. The minimum Gasteiger partial charge on any atom is -0.506 e. The number of carbonyl (C=O) groups is 1. The van der Waals surface area contributed by atoms with Gasteiger partial charge in [-0.25, -0.2) is 0 Å². The molecule has 0 atom stereocenters. The highest BCUT2D eigenvalue weighted by molar-refractivity contribution is 9.11. The number of rotatable bonds is 2. The molecule has 0 saturated heterocycles. The molecule has 0 aliphatic carbocycles. The van der Waals surface area contributed by atoms with Crippen LogP contribution in [0.25, 0.3) is 0 Å². The number of carbonyl (C=O) groups excluding carboxylic acids is 1. The summed E-state index contributed by atoms with van der Waals surface area (Å²) in [5.74, 6) is -0.238. The highest BCUT2D eigenvalue weighted by Gasteiger charge is 2.09. The molecule has 2 aromatic rings. The number of phenols is 1. The van der Waals surface area contributed by atoms with E-state index in [0.29, 0.717) is 11.3 Å². The van der Waals surface area contributed by atoms with Gasteiger partial charge in [0.15, 0.2) is 0 Å². The first-order valence-electron chi connectivity index (χ1n) is 5.12. The number of amides is 1. The number of para-hydroxylation sites is 2. The van der Waals surface area contributed by atoms with Crippen LogP contribution in [-0.4, -0.2) is 11.0 Å². The molecule has 0 heterocycles. The zero-order valence-electron chi connectivity index (χ0n) is 9.15. The Bertz CT molecular complexity index is 579. The van der Waals surface area contributed by atoms with Crippen LogP contribution in [0.4, 0.5) is 5.69 Å². The van der Waals surface area contributed by atoms with Gasteiger partial charge in [-0.2, -0.15) is 0 Å². The fourth-order valence-corrected chi connectivity index (χ4v) is 2.75. The molecule has 0 aliphatic heterocycles. The molecule has 2 aromatic carbocycles. The van der Waals surface area contributed by atoms with Crippen LogP contribution in [0, 0.1) is 0 Å². The van der Waals surface area contributed by atoms with Crippen molar-refractivity contribution in [1.29, 1.82) is 0 Å². The fraction of sp³-hybridized carbons (Fsp3) is 0. The van der Waals surface area contributed by atoms with Crippen molar-refractivity contribution in [2.45, 2.75) is 0 Å². The lowest BCUT2D eigenvalue weighted by Crippen LogP contribution is -2.11. The van der Waals surface area contributed by atoms with E-state index in [1.165, 1.54) is 6.07 Å². The summed E-state index contributed by atoms with van der Waals surface area (Å²) in [7, 11) is 0. The third-order valence-electron chi connectivity index (χ3n) is 2.28. The van der Waals surface area contributed by atoms with E-state index in [1.54, 1.807) is 30.3 Å².